The molecule has 0 aromatic rings. The van der Waals surface area contributed by atoms with Crippen LogP contribution in [0.3, 0.4) is 0 Å². The molecule has 66 valence electrons. The highest BCUT2D eigenvalue weighted by Gasteiger charge is 2.30. The van der Waals surface area contributed by atoms with Crippen molar-refractivity contribution >= 4 is 0 Å². The van der Waals surface area contributed by atoms with Crippen LogP contribution in [0.1, 0.15) is 13.3 Å². The van der Waals surface area contributed by atoms with Crippen LogP contribution in [0.4, 0.5) is 0 Å². The third-order valence-electron chi connectivity index (χ3n) is 2.70. The fraction of sp³-hybridized carbons (Fsp3) is 1.00. The van der Waals surface area contributed by atoms with Gasteiger partial charge in [-0.3, -0.25) is 4.90 Å². The van der Waals surface area contributed by atoms with Crippen LogP contribution in [0, 0.1) is 0 Å². The quantitative estimate of drug-likeness (QED) is 0.577. The van der Waals surface area contributed by atoms with Gasteiger partial charge in [-0.05, 0) is 20.4 Å². The lowest BCUT2D eigenvalue weighted by atomic mass is 9.94. The normalized spacial score (nSPS) is 34.1. The molecule has 1 fully saturated rings. The van der Waals surface area contributed by atoms with Gasteiger partial charge < -0.3 is 10.4 Å². The second kappa shape index (κ2) is 3.52. The number of nitrogens with one attached hydrogen (secondary N) is 1. The molecule has 1 aliphatic rings. The van der Waals surface area contributed by atoms with Crippen LogP contribution in [0.25, 0.3) is 0 Å². The summed E-state index contributed by atoms with van der Waals surface area (Å²) in [5.74, 6) is 0. The fourth-order valence-corrected chi connectivity index (χ4v) is 1.53. The third kappa shape index (κ3) is 1.92. The Morgan fingerprint density at radius 2 is 2.36 bits per heavy atom. The minimum absolute atomic E-state index is 0.160. The minimum Gasteiger partial charge on any atom is -0.396 e. The Balaban J connectivity index is 2.49. The van der Waals surface area contributed by atoms with E-state index in [0.29, 0.717) is 0 Å². The van der Waals surface area contributed by atoms with Gasteiger partial charge in [0.15, 0.2) is 0 Å². The summed E-state index contributed by atoms with van der Waals surface area (Å²) in [6.45, 7) is 5.61. The maximum Gasteiger partial charge on any atom is 0.0449 e. The summed E-state index contributed by atoms with van der Waals surface area (Å²) in [6.07, 6.45) is 0.858. The zero-order chi connectivity index (χ0) is 8.32. The van der Waals surface area contributed by atoms with Gasteiger partial charge in [0.05, 0.1) is 0 Å². The van der Waals surface area contributed by atoms with E-state index < -0.39 is 0 Å². The van der Waals surface area contributed by atoms with Crippen LogP contribution >= 0.6 is 0 Å². The summed E-state index contributed by atoms with van der Waals surface area (Å²) >= 11 is 0. The molecule has 0 spiro atoms. The van der Waals surface area contributed by atoms with E-state index in [1.807, 2.05) is 0 Å². The molecule has 1 unspecified atom stereocenters. The van der Waals surface area contributed by atoms with Crippen molar-refractivity contribution in [1.82, 2.24) is 10.2 Å². The maximum atomic E-state index is 8.85. The number of piperazine rings is 1. The van der Waals surface area contributed by atoms with Gasteiger partial charge in [0, 0.05) is 31.8 Å². The molecule has 0 radical (unpaired) electrons. The van der Waals surface area contributed by atoms with Crippen molar-refractivity contribution < 1.29 is 5.11 Å². The molecule has 1 heterocycles. The van der Waals surface area contributed by atoms with E-state index in [1.165, 1.54) is 0 Å². The lowest BCUT2D eigenvalue weighted by Crippen LogP contribution is -2.58. The number of aliphatic hydroxyl groups excluding tert-OH is 1. The molecule has 1 rings (SSSR count). The zero-order valence-corrected chi connectivity index (χ0v) is 7.43. The monoisotopic (exact) mass is 158 g/mol. The Bertz CT molecular complexity index is 125. The SMILES string of the molecule is CN1CCNCC1(C)CCO. The van der Waals surface area contributed by atoms with Crippen molar-refractivity contribution in [3.8, 4) is 0 Å². The van der Waals surface area contributed by atoms with Gasteiger partial charge >= 0.3 is 0 Å². The van der Waals surface area contributed by atoms with Gasteiger partial charge in [0.2, 0.25) is 0 Å². The average Bonchev–Trinajstić information content (AvgIpc) is 1.96. The molecule has 3 nitrogen and oxygen atoms in total. The van der Waals surface area contributed by atoms with Gasteiger partial charge in [0.1, 0.15) is 0 Å². The van der Waals surface area contributed by atoms with Crippen molar-refractivity contribution in [3.63, 3.8) is 0 Å². The highest BCUT2D eigenvalue weighted by atomic mass is 16.3. The van der Waals surface area contributed by atoms with Crippen molar-refractivity contribution in [1.29, 1.82) is 0 Å². The van der Waals surface area contributed by atoms with Crippen LogP contribution in [-0.2, 0) is 0 Å². The molecule has 3 heteroatoms. The predicted molar refractivity (Wildman–Crippen MR) is 45.6 cm³/mol. The standard InChI is InChI=1S/C8H18N2O/c1-8(3-6-11)7-9-4-5-10(8)2/h9,11H,3-7H2,1-2H3. The number of likely N-dealkylation sites (N-methyl/N-ethyl adjacent to an activating group) is 1. The first kappa shape index (κ1) is 8.97. The van der Waals surface area contributed by atoms with Crippen molar-refractivity contribution in [3.05, 3.63) is 0 Å². The summed E-state index contributed by atoms with van der Waals surface area (Å²) < 4.78 is 0. The summed E-state index contributed by atoms with van der Waals surface area (Å²) in [5, 5.41) is 12.2. The van der Waals surface area contributed by atoms with Crippen LogP contribution in [0.15, 0.2) is 0 Å². The number of nitrogens with zero attached hydrogens (tertiary/aromatic N) is 1. The first-order valence-corrected chi connectivity index (χ1v) is 4.22. The number of aliphatic hydroxyl groups is 1. The first-order chi connectivity index (χ1) is 5.19. The molecule has 0 aliphatic carbocycles. The Kier molecular flexibility index (Phi) is 2.87. The summed E-state index contributed by atoms with van der Waals surface area (Å²) in [5.41, 5.74) is 0.160. The molecular formula is C8H18N2O. The summed E-state index contributed by atoms with van der Waals surface area (Å²) in [6, 6.07) is 0. The van der Waals surface area contributed by atoms with E-state index in [-0.39, 0.29) is 12.1 Å². The van der Waals surface area contributed by atoms with Crippen LogP contribution < -0.4 is 5.32 Å². The molecule has 0 amide bonds. The Labute approximate surface area is 68.4 Å². The van der Waals surface area contributed by atoms with Crippen LogP contribution in [0.5, 0.6) is 0 Å². The van der Waals surface area contributed by atoms with Crippen LogP contribution in [-0.4, -0.2) is 48.8 Å². The number of hydrogen-bond acceptors (Lipinski definition) is 3. The second-order valence-electron chi connectivity index (χ2n) is 3.57. The molecule has 1 atom stereocenters. The minimum atomic E-state index is 0.160. The van der Waals surface area contributed by atoms with Crippen molar-refractivity contribution in [2.45, 2.75) is 18.9 Å². The lowest BCUT2D eigenvalue weighted by molar-refractivity contribution is 0.0759. The third-order valence-corrected chi connectivity index (χ3v) is 2.70. The Morgan fingerprint density at radius 1 is 1.64 bits per heavy atom. The lowest BCUT2D eigenvalue weighted by Gasteiger charge is -2.42. The molecule has 1 saturated heterocycles. The summed E-state index contributed by atoms with van der Waals surface area (Å²) in [7, 11) is 2.12. The maximum absolute atomic E-state index is 8.85. The van der Waals surface area contributed by atoms with E-state index >= 15 is 0 Å². The van der Waals surface area contributed by atoms with E-state index in [9.17, 15) is 0 Å². The number of rotatable bonds is 2. The van der Waals surface area contributed by atoms with Gasteiger partial charge in [-0.15, -0.1) is 0 Å². The Morgan fingerprint density at radius 3 is 2.91 bits per heavy atom. The van der Waals surface area contributed by atoms with E-state index in [0.717, 1.165) is 26.1 Å². The zero-order valence-electron chi connectivity index (χ0n) is 7.43. The topological polar surface area (TPSA) is 35.5 Å². The molecule has 0 saturated carbocycles. The van der Waals surface area contributed by atoms with Gasteiger partial charge in [0.25, 0.3) is 0 Å². The molecule has 1 aliphatic heterocycles. The molecule has 0 bridgehead atoms. The van der Waals surface area contributed by atoms with E-state index in [1.54, 1.807) is 0 Å². The first-order valence-electron chi connectivity index (χ1n) is 4.22. The highest BCUT2D eigenvalue weighted by Crippen LogP contribution is 2.18. The molecule has 0 aromatic heterocycles. The van der Waals surface area contributed by atoms with E-state index in [4.69, 9.17) is 5.11 Å². The molecule has 11 heavy (non-hydrogen) atoms. The molecule has 0 aromatic carbocycles. The van der Waals surface area contributed by atoms with E-state index in [2.05, 4.69) is 24.2 Å². The fourth-order valence-electron chi connectivity index (χ4n) is 1.53. The largest absolute Gasteiger partial charge is 0.396 e. The molecular weight excluding hydrogens is 140 g/mol. The number of hydrogen-bond donors (Lipinski definition) is 2. The average molecular weight is 158 g/mol. The van der Waals surface area contributed by atoms with Crippen LogP contribution in [0.2, 0.25) is 0 Å². The summed E-state index contributed by atoms with van der Waals surface area (Å²) in [4.78, 5) is 2.32. The predicted octanol–water partition coefficient (Wildman–Crippen LogP) is -0.338. The Hall–Kier alpha value is -0.120. The van der Waals surface area contributed by atoms with Crippen molar-refractivity contribution in [2.75, 3.05) is 33.3 Å². The van der Waals surface area contributed by atoms with Crippen molar-refractivity contribution in [2.24, 2.45) is 0 Å². The smallest absolute Gasteiger partial charge is 0.0449 e. The van der Waals surface area contributed by atoms with Gasteiger partial charge in [-0.2, -0.15) is 0 Å². The van der Waals surface area contributed by atoms with Gasteiger partial charge in [-0.1, -0.05) is 0 Å². The van der Waals surface area contributed by atoms with Gasteiger partial charge in [-0.25, -0.2) is 0 Å². The molecule has 2 N–H and O–H groups in total. The highest BCUT2D eigenvalue weighted by molar-refractivity contribution is 4.90. The second-order valence-corrected chi connectivity index (χ2v) is 3.57.